The van der Waals surface area contributed by atoms with E-state index in [1.807, 2.05) is 0 Å². The maximum Gasteiger partial charge on any atom is 0.162 e. The topological polar surface area (TPSA) is 63.8 Å². The highest BCUT2D eigenvalue weighted by Crippen LogP contribution is 1.82. The normalized spacial score (nSPS) is 13.6. The molecule has 0 saturated carbocycles. The van der Waals surface area contributed by atoms with E-state index in [0.29, 0.717) is 6.54 Å². The summed E-state index contributed by atoms with van der Waals surface area (Å²) in [5.74, 6) is 0. The smallest absolute Gasteiger partial charge is 0.162 e. The fourth-order valence-electron chi connectivity index (χ4n) is 0.508. The first-order valence-electron chi connectivity index (χ1n) is 2.68. The van der Waals surface area contributed by atoms with Crippen molar-refractivity contribution in [1.29, 1.82) is 0 Å². The summed E-state index contributed by atoms with van der Waals surface area (Å²) in [7, 11) is 0. The zero-order valence-electron chi connectivity index (χ0n) is 5.10. The number of aliphatic hydroxyl groups excluding tert-OH is 1. The minimum atomic E-state index is -0.417. The van der Waals surface area contributed by atoms with E-state index in [-0.39, 0.29) is 0 Å². The Hall–Kier alpha value is -0.970. The molecule has 1 heterocycles. The van der Waals surface area contributed by atoms with Gasteiger partial charge in [0.05, 0.1) is 12.6 Å². The van der Waals surface area contributed by atoms with Crippen molar-refractivity contribution in [2.24, 2.45) is 0 Å². The van der Waals surface area contributed by atoms with Crippen molar-refractivity contribution in [3.8, 4) is 0 Å². The van der Waals surface area contributed by atoms with Crippen LogP contribution in [0.15, 0.2) is 6.33 Å². The number of tetrazole rings is 1. The quantitative estimate of drug-likeness (QED) is 0.558. The van der Waals surface area contributed by atoms with Gasteiger partial charge in [0.1, 0.15) is 0 Å². The van der Waals surface area contributed by atoms with Gasteiger partial charge in [0, 0.05) is 0 Å². The molecule has 0 radical (unpaired) electrons. The molecule has 50 valence electrons. The molecule has 0 saturated heterocycles. The third-order valence-corrected chi connectivity index (χ3v) is 0.819. The van der Waals surface area contributed by atoms with Crippen LogP contribution in [0.2, 0.25) is 0 Å². The third kappa shape index (κ3) is 1.77. The standard InChI is InChI=1S/C4H8N4O/c1-4(9)2-8-6-3-5-7-8/h3-4,9H,2H2,1H3. The number of aliphatic hydroxyl groups is 1. The Morgan fingerprint density at radius 2 is 2.56 bits per heavy atom. The predicted molar refractivity (Wildman–Crippen MR) is 29.5 cm³/mol. The van der Waals surface area contributed by atoms with Gasteiger partial charge in [0.25, 0.3) is 0 Å². The van der Waals surface area contributed by atoms with Crippen LogP contribution in [0.3, 0.4) is 0 Å². The van der Waals surface area contributed by atoms with Crippen molar-refractivity contribution in [2.45, 2.75) is 19.6 Å². The van der Waals surface area contributed by atoms with Gasteiger partial charge in [-0.2, -0.15) is 4.80 Å². The molecule has 1 N–H and O–H groups in total. The number of nitrogens with zero attached hydrogens (tertiary/aromatic N) is 4. The monoisotopic (exact) mass is 128 g/mol. The second-order valence-electron chi connectivity index (χ2n) is 1.84. The number of rotatable bonds is 2. The molecule has 0 amide bonds. The number of hydrogen-bond acceptors (Lipinski definition) is 4. The Kier molecular flexibility index (Phi) is 1.74. The van der Waals surface area contributed by atoms with Crippen LogP contribution >= 0.6 is 0 Å². The summed E-state index contributed by atoms with van der Waals surface area (Å²) in [5, 5.41) is 19.5. The minimum absolute atomic E-state index is 0.403. The van der Waals surface area contributed by atoms with Gasteiger partial charge in [0.2, 0.25) is 0 Å². The first-order valence-corrected chi connectivity index (χ1v) is 2.68. The number of aromatic nitrogens is 4. The molecule has 0 aliphatic rings. The fraction of sp³-hybridized carbons (Fsp3) is 0.750. The molecule has 0 spiro atoms. The van der Waals surface area contributed by atoms with Crippen molar-refractivity contribution in [3.05, 3.63) is 6.33 Å². The molecule has 1 aromatic heterocycles. The second kappa shape index (κ2) is 2.54. The lowest BCUT2D eigenvalue weighted by molar-refractivity contribution is 0.161. The van der Waals surface area contributed by atoms with Crippen LogP contribution in [0.4, 0.5) is 0 Å². The van der Waals surface area contributed by atoms with Crippen LogP contribution in [-0.2, 0) is 6.54 Å². The predicted octanol–water partition coefficient (Wildman–Crippen LogP) is -0.946. The summed E-state index contributed by atoms with van der Waals surface area (Å²) in [6, 6.07) is 0. The highest BCUT2D eigenvalue weighted by Gasteiger charge is 1.96. The number of hydrogen-bond donors (Lipinski definition) is 1. The van der Waals surface area contributed by atoms with Crippen LogP contribution < -0.4 is 0 Å². The Bertz CT molecular complexity index is 159. The summed E-state index contributed by atoms with van der Waals surface area (Å²) in [6.07, 6.45) is 0.918. The zero-order valence-corrected chi connectivity index (χ0v) is 5.10. The molecule has 1 atom stereocenters. The average Bonchev–Trinajstić information content (AvgIpc) is 2.15. The van der Waals surface area contributed by atoms with E-state index in [4.69, 9.17) is 5.11 Å². The second-order valence-corrected chi connectivity index (χ2v) is 1.84. The average molecular weight is 128 g/mol. The molecule has 0 aliphatic heterocycles. The molecule has 1 aromatic rings. The molecule has 5 heteroatoms. The molecular weight excluding hydrogens is 120 g/mol. The van der Waals surface area contributed by atoms with Gasteiger partial charge in [-0.25, -0.2) is 0 Å². The summed E-state index contributed by atoms with van der Waals surface area (Å²) in [6.45, 7) is 2.07. The maximum absolute atomic E-state index is 8.80. The Morgan fingerprint density at radius 1 is 1.78 bits per heavy atom. The lowest BCUT2D eigenvalue weighted by atomic mass is 10.4. The zero-order chi connectivity index (χ0) is 6.69. The molecule has 5 nitrogen and oxygen atoms in total. The Labute approximate surface area is 52.3 Å². The van der Waals surface area contributed by atoms with E-state index < -0.39 is 6.10 Å². The van der Waals surface area contributed by atoms with E-state index in [1.54, 1.807) is 6.92 Å². The molecule has 1 unspecified atom stereocenters. The molecule has 9 heavy (non-hydrogen) atoms. The van der Waals surface area contributed by atoms with Crippen LogP contribution in [0.5, 0.6) is 0 Å². The van der Waals surface area contributed by atoms with Crippen molar-refractivity contribution in [3.63, 3.8) is 0 Å². The lowest BCUT2D eigenvalue weighted by Crippen LogP contribution is -2.14. The van der Waals surface area contributed by atoms with E-state index in [2.05, 4.69) is 15.4 Å². The van der Waals surface area contributed by atoms with E-state index in [0.717, 1.165) is 0 Å². The largest absolute Gasteiger partial charge is 0.391 e. The van der Waals surface area contributed by atoms with Crippen LogP contribution in [-0.4, -0.2) is 31.4 Å². The molecule has 1 rings (SSSR count). The first-order chi connectivity index (χ1) is 4.29. The van der Waals surface area contributed by atoms with Gasteiger partial charge < -0.3 is 5.11 Å². The molecular formula is C4H8N4O. The third-order valence-electron chi connectivity index (χ3n) is 0.819. The van der Waals surface area contributed by atoms with Crippen molar-refractivity contribution in [2.75, 3.05) is 0 Å². The van der Waals surface area contributed by atoms with Crippen LogP contribution in [0, 0.1) is 0 Å². The van der Waals surface area contributed by atoms with Gasteiger partial charge >= 0.3 is 0 Å². The van der Waals surface area contributed by atoms with Gasteiger partial charge in [0.15, 0.2) is 6.33 Å². The summed E-state index contributed by atoms with van der Waals surface area (Å²) in [4.78, 5) is 1.34. The fourth-order valence-corrected chi connectivity index (χ4v) is 0.508. The molecule has 0 bridgehead atoms. The van der Waals surface area contributed by atoms with E-state index >= 15 is 0 Å². The Morgan fingerprint density at radius 3 is 3.00 bits per heavy atom. The highest BCUT2D eigenvalue weighted by molar-refractivity contribution is 4.44. The van der Waals surface area contributed by atoms with Crippen molar-refractivity contribution < 1.29 is 5.11 Å². The molecule has 0 aliphatic carbocycles. The van der Waals surface area contributed by atoms with Crippen LogP contribution in [0.1, 0.15) is 6.92 Å². The first kappa shape index (κ1) is 6.15. The summed E-state index contributed by atoms with van der Waals surface area (Å²) >= 11 is 0. The van der Waals surface area contributed by atoms with Gasteiger partial charge in [-0.3, -0.25) is 0 Å². The van der Waals surface area contributed by atoms with Gasteiger partial charge in [-0.05, 0) is 12.1 Å². The molecule has 0 fully saturated rings. The van der Waals surface area contributed by atoms with E-state index in [1.165, 1.54) is 11.1 Å². The van der Waals surface area contributed by atoms with Crippen LogP contribution in [0.25, 0.3) is 0 Å². The summed E-state index contributed by atoms with van der Waals surface area (Å²) in [5.41, 5.74) is 0. The highest BCUT2D eigenvalue weighted by atomic mass is 16.3. The Balaban J connectivity index is 2.48. The van der Waals surface area contributed by atoms with Crippen molar-refractivity contribution in [1.82, 2.24) is 20.2 Å². The maximum atomic E-state index is 8.80. The van der Waals surface area contributed by atoms with Gasteiger partial charge in [-0.1, -0.05) is 0 Å². The van der Waals surface area contributed by atoms with Gasteiger partial charge in [-0.15, -0.1) is 10.2 Å². The SMILES string of the molecule is CC(O)Cn1ncnn1. The lowest BCUT2D eigenvalue weighted by Gasteiger charge is -1.98. The van der Waals surface area contributed by atoms with Crippen molar-refractivity contribution >= 4 is 0 Å². The summed E-state index contributed by atoms with van der Waals surface area (Å²) < 4.78 is 0. The minimum Gasteiger partial charge on any atom is -0.391 e. The van der Waals surface area contributed by atoms with E-state index in [9.17, 15) is 0 Å². The molecule has 0 aromatic carbocycles.